The van der Waals surface area contributed by atoms with Crippen LogP contribution in [0.4, 0.5) is 0 Å². The fourth-order valence-corrected chi connectivity index (χ4v) is 5.29. The summed E-state index contributed by atoms with van der Waals surface area (Å²) in [6.45, 7) is 2.61. The van der Waals surface area contributed by atoms with Crippen molar-refractivity contribution >= 4 is 21.7 Å². The molecule has 1 aromatic rings. The second-order valence-corrected chi connectivity index (χ2v) is 7.31. The largest absolute Gasteiger partial charge is 0.493 e. The molecule has 0 saturated heterocycles. The molecular weight excluding hydrogens is 316 g/mol. The molecule has 3 fully saturated rings. The van der Waals surface area contributed by atoms with Crippen LogP contribution in [0, 0.1) is 29.6 Å². The van der Waals surface area contributed by atoms with Gasteiger partial charge in [-0.2, -0.15) is 0 Å². The third-order valence-corrected chi connectivity index (χ3v) is 6.17. The summed E-state index contributed by atoms with van der Waals surface area (Å²) in [7, 11) is 0. The molecule has 20 heavy (non-hydrogen) atoms. The Morgan fingerprint density at radius 2 is 2.00 bits per heavy atom. The monoisotopic (exact) mass is 334 g/mol. The van der Waals surface area contributed by atoms with Gasteiger partial charge in [0.05, 0.1) is 11.1 Å². The van der Waals surface area contributed by atoms with Gasteiger partial charge in [-0.05, 0) is 84.0 Å². The number of carbonyl (C=O) groups excluding carboxylic acids is 1. The van der Waals surface area contributed by atoms with Crippen molar-refractivity contribution < 1.29 is 9.53 Å². The van der Waals surface area contributed by atoms with Crippen LogP contribution in [-0.2, 0) is 0 Å². The number of halogens is 1. The zero-order valence-corrected chi connectivity index (χ0v) is 13.2. The zero-order chi connectivity index (χ0) is 13.9. The zero-order valence-electron chi connectivity index (χ0n) is 11.6. The Kier molecular flexibility index (Phi) is 2.95. The van der Waals surface area contributed by atoms with Gasteiger partial charge < -0.3 is 4.74 Å². The van der Waals surface area contributed by atoms with Crippen molar-refractivity contribution in [2.45, 2.75) is 26.2 Å². The third-order valence-electron chi connectivity index (χ3n) is 5.55. The van der Waals surface area contributed by atoms with Gasteiger partial charge in [0.1, 0.15) is 5.75 Å². The number of rotatable bonds is 4. The van der Waals surface area contributed by atoms with E-state index < -0.39 is 0 Å². The first kappa shape index (κ1) is 12.9. The lowest BCUT2D eigenvalue weighted by atomic mass is 9.96. The van der Waals surface area contributed by atoms with E-state index in [4.69, 9.17) is 4.74 Å². The summed E-state index contributed by atoms with van der Waals surface area (Å²) in [6, 6.07) is 5.77. The van der Waals surface area contributed by atoms with Crippen LogP contribution >= 0.6 is 15.9 Å². The molecule has 3 aliphatic rings. The van der Waals surface area contributed by atoms with Crippen molar-refractivity contribution in [1.82, 2.24) is 0 Å². The van der Waals surface area contributed by atoms with Crippen LogP contribution < -0.4 is 4.74 Å². The van der Waals surface area contributed by atoms with Crippen LogP contribution in [0.25, 0.3) is 0 Å². The molecular formula is C17H19BrO2. The Labute approximate surface area is 128 Å². The fourth-order valence-electron chi connectivity index (χ4n) is 4.79. The number of hydrogen-bond acceptors (Lipinski definition) is 2. The highest BCUT2D eigenvalue weighted by molar-refractivity contribution is 9.10. The molecule has 0 radical (unpaired) electrons. The quantitative estimate of drug-likeness (QED) is 0.766. The van der Waals surface area contributed by atoms with Gasteiger partial charge >= 0.3 is 0 Å². The minimum Gasteiger partial charge on any atom is -0.493 e. The molecule has 4 rings (SSSR count). The van der Waals surface area contributed by atoms with Crippen molar-refractivity contribution in [2.75, 3.05) is 6.61 Å². The van der Waals surface area contributed by atoms with E-state index in [1.54, 1.807) is 0 Å². The van der Waals surface area contributed by atoms with Gasteiger partial charge in [-0.15, -0.1) is 0 Å². The van der Waals surface area contributed by atoms with E-state index in [1.807, 2.05) is 25.1 Å². The van der Waals surface area contributed by atoms with E-state index >= 15 is 0 Å². The van der Waals surface area contributed by atoms with E-state index in [0.717, 1.165) is 27.6 Å². The molecule has 0 N–H and O–H groups in total. The summed E-state index contributed by atoms with van der Waals surface area (Å²) in [4.78, 5) is 12.7. The number of fused-ring (bicyclic) bond motifs is 5. The Balaban J connectivity index is 1.54. The summed E-state index contributed by atoms with van der Waals surface area (Å²) >= 11 is 3.51. The molecule has 4 atom stereocenters. The highest BCUT2D eigenvalue weighted by Crippen LogP contribution is 2.69. The average molecular weight is 335 g/mol. The van der Waals surface area contributed by atoms with Gasteiger partial charge in [0.15, 0.2) is 5.78 Å². The van der Waals surface area contributed by atoms with Crippen molar-refractivity contribution in [3.05, 3.63) is 28.2 Å². The van der Waals surface area contributed by atoms with Crippen LogP contribution in [0.1, 0.15) is 36.5 Å². The van der Waals surface area contributed by atoms with Gasteiger partial charge in [-0.1, -0.05) is 0 Å². The molecule has 0 heterocycles. The molecule has 3 saturated carbocycles. The summed E-state index contributed by atoms with van der Waals surface area (Å²) in [5.41, 5.74) is 0.846. The molecule has 0 spiro atoms. The van der Waals surface area contributed by atoms with Gasteiger partial charge in [0.2, 0.25) is 0 Å². The molecule has 2 bridgehead atoms. The van der Waals surface area contributed by atoms with Crippen molar-refractivity contribution in [1.29, 1.82) is 0 Å². The van der Waals surface area contributed by atoms with Crippen LogP contribution in [0.3, 0.4) is 0 Å². The molecule has 0 aromatic heterocycles. The number of ketones is 1. The number of Topliss-reactive ketones (excluding diaryl/α,β-unsaturated/α-hetero) is 1. The fraction of sp³-hybridized carbons (Fsp3) is 0.588. The van der Waals surface area contributed by atoms with Crippen LogP contribution in [0.2, 0.25) is 0 Å². The van der Waals surface area contributed by atoms with E-state index in [1.165, 1.54) is 19.3 Å². The summed E-state index contributed by atoms with van der Waals surface area (Å²) in [5.74, 6) is 4.64. The first-order chi connectivity index (χ1) is 9.70. The Hall–Kier alpha value is -0.830. The topological polar surface area (TPSA) is 26.3 Å². The maximum Gasteiger partial charge on any atom is 0.166 e. The highest BCUT2D eigenvalue weighted by Gasteiger charge is 2.67. The summed E-state index contributed by atoms with van der Waals surface area (Å²) in [5, 5.41) is 0. The number of ether oxygens (including phenoxy) is 1. The molecule has 0 amide bonds. The number of benzene rings is 1. The summed E-state index contributed by atoms with van der Waals surface area (Å²) < 4.78 is 6.40. The molecule has 3 heteroatoms. The summed E-state index contributed by atoms with van der Waals surface area (Å²) in [6.07, 6.45) is 4.12. The lowest BCUT2D eigenvalue weighted by molar-refractivity contribution is 0.0944. The SMILES string of the molecule is CCOc1ccc(C(=O)C2C3C4CCC(C4)C23)cc1Br. The number of carbonyl (C=O) groups is 1. The van der Waals surface area contributed by atoms with E-state index in [9.17, 15) is 4.79 Å². The molecule has 1 aromatic carbocycles. The second kappa shape index (κ2) is 4.59. The van der Waals surface area contributed by atoms with Crippen molar-refractivity contribution in [3.63, 3.8) is 0 Å². The molecule has 0 aliphatic heterocycles. The molecule has 3 aliphatic carbocycles. The van der Waals surface area contributed by atoms with Gasteiger partial charge in [0, 0.05) is 11.5 Å². The molecule has 2 nitrogen and oxygen atoms in total. The first-order valence-corrected chi connectivity index (χ1v) is 8.46. The van der Waals surface area contributed by atoms with Gasteiger partial charge in [0.25, 0.3) is 0 Å². The van der Waals surface area contributed by atoms with Crippen molar-refractivity contribution in [2.24, 2.45) is 29.6 Å². The predicted octanol–water partition coefficient (Wildman–Crippen LogP) is 4.32. The first-order valence-electron chi connectivity index (χ1n) is 7.67. The van der Waals surface area contributed by atoms with Gasteiger partial charge in [-0.3, -0.25) is 4.79 Å². The van der Waals surface area contributed by atoms with E-state index in [-0.39, 0.29) is 0 Å². The lowest BCUT2D eigenvalue weighted by Crippen LogP contribution is -2.10. The minimum atomic E-state index is 0.325. The Morgan fingerprint density at radius 3 is 2.60 bits per heavy atom. The molecule has 4 unspecified atom stereocenters. The maximum atomic E-state index is 12.7. The maximum absolute atomic E-state index is 12.7. The van der Waals surface area contributed by atoms with Gasteiger partial charge in [-0.25, -0.2) is 0 Å². The Morgan fingerprint density at radius 1 is 1.30 bits per heavy atom. The lowest BCUT2D eigenvalue weighted by Gasteiger charge is -2.10. The molecule has 106 valence electrons. The Bertz CT molecular complexity index is 552. The predicted molar refractivity (Wildman–Crippen MR) is 80.9 cm³/mol. The van der Waals surface area contributed by atoms with Crippen molar-refractivity contribution in [3.8, 4) is 5.75 Å². The van der Waals surface area contributed by atoms with Crippen LogP contribution in [-0.4, -0.2) is 12.4 Å². The third kappa shape index (κ3) is 1.78. The highest BCUT2D eigenvalue weighted by atomic mass is 79.9. The smallest absolute Gasteiger partial charge is 0.166 e. The van der Waals surface area contributed by atoms with E-state index in [0.29, 0.717) is 30.1 Å². The van der Waals surface area contributed by atoms with Crippen LogP contribution in [0.15, 0.2) is 22.7 Å². The van der Waals surface area contributed by atoms with Crippen LogP contribution in [0.5, 0.6) is 5.75 Å². The average Bonchev–Trinajstić information content (AvgIpc) is 2.88. The minimum absolute atomic E-state index is 0.325. The standard InChI is InChI=1S/C17H19BrO2/c1-2-20-13-6-5-11(8-12(13)18)17(19)16-14-9-3-4-10(7-9)15(14)16/h5-6,8-10,14-16H,2-4,7H2,1H3. The second-order valence-electron chi connectivity index (χ2n) is 6.46. The van der Waals surface area contributed by atoms with E-state index in [2.05, 4.69) is 15.9 Å². The normalized spacial score (nSPS) is 36.8. The number of hydrogen-bond donors (Lipinski definition) is 0.